The summed E-state index contributed by atoms with van der Waals surface area (Å²) in [6.07, 6.45) is 4.54. The van der Waals surface area contributed by atoms with E-state index in [0.717, 1.165) is 25.7 Å². The predicted molar refractivity (Wildman–Crippen MR) is 83.6 cm³/mol. The first kappa shape index (κ1) is 17.2. The summed E-state index contributed by atoms with van der Waals surface area (Å²) in [5.74, 6) is -0.248. The molecule has 0 radical (unpaired) electrons. The number of hydrogen-bond acceptors (Lipinski definition) is 5. The van der Waals surface area contributed by atoms with E-state index < -0.39 is 6.09 Å². The van der Waals surface area contributed by atoms with Crippen molar-refractivity contribution in [2.75, 3.05) is 13.7 Å². The van der Waals surface area contributed by atoms with Gasteiger partial charge in [-0.1, -0.05) is 18.9 Å². The zero-order valence-electron chi connectivity index (χ0n) is 13.5. The Balaban J connectivity index is 2.08. The van der Waals surface area contributed by atoms with Crippen LogP contribution in [-0.2, 0) is 9.57 Å². The van der Waals surface area contributed by atoms with Crippen LogP contribution in [0.3, 0.4) is 0 Å². The van der Waals surface area contributed by atoms with Gasteiger partial charge in [0.2, 0.25) is 0 Å². The van der Waals surface area contributed by atoms with E-state index in [9.17, 15) is 9.59 Å². The van der Waals surface area contributed by atoms with Gasteiger partial charge in [-0.3, -0.25) is 14.6 Å². The normalized spacial score (nSPS) is 20.6. The predicted octanol–water partition coefficient (Wildman–Crippen LogP) is 2.14. The highest BCUT2D eigenvalue weighted by Crippen LogP contribution is 2.24. The lowest BCUT2D eigenvalue weighted by atomic mass is 9.90. The monoisotopic (exact) mass is 321 g/mol. The molecular weight excluding hydrogens is 298 g/mol. The Morgan fingerprint density at radius 2 is 2.13 bits per heavy atom. The molecule has 2 atom stereocenters. The quantitative estimate of drug-likeness (QED) is 0.840. The number of ether oxygens (including phenoxy) is 1. The molecule has 23 heavy (non-hydrogen) atoms. The Morgan fingerprint density at radius 1 is 1.35 bits per heavy atom. The van der Waals surface area contributed by atoms with Gasteiger partial charge in [0, 0.05) is 6.20 Å². The Morgan fingerprint density at radius 3 is 2.78 bits per heavy atom. The van der Waals surface area contributed by atoms with Gasteiger partial charge in [0.1, 0.15) is 5.69 Å². The first-order valence-corrected chi connectivity index (χ1v) is 7.89. The Hall–Kier alpha value is -2.15. The van der Waals surface area contributed by atoms with Crippen LogP contribution in [0.2, 0.25) is 0 Å². The highest BCUT2D eigenvalue weighted by molar-refractivity contribution is 5.92. The van der Waals surface area contributed by atoms with Crippen molar-refractivity contribution in [2.24, 2.45) is 0 Å². The van der Waals surface area contributed by atoms with Crippen LogP contribution >= 0.6 is 0 Å². The number of rotatable bonds is 5. The van der Waals surface area contributed by atoms with Crippen molar-refractivity contribution in [3.63, 3.8) is 0 Å². The van der Waals surface area contributed by atoms with Crippen molar-refractivity contribution in [3.05, 3.63) is 30.1 Å². The number of nitrogens with zero attached hydrogens (tertiary/aromatic N) is 2. The Bertz CT molecular complexity index is 523. The molecule has 0 aromatic carbocycles. The fourth-order valence-corrected chi connectivity index (χ4v) is 2.83. The summed E-state index contributed by atoms with van der Waals surface area (Å²) in [6.45, 7) is 2.02. The highest BCUT2D eigenvalue weighted by Gasteiger charge is 2.35. The molecular formula is C16H23N3O4. The number of aromatic nitrogens is 1. The molecule has 1 saturated carbocycles. The second kappa shape index (κ2) is 8.47. The molecule has 1 aromatic rings. The maximum Gasteiger partial charge on any atom is 0.434 e. The third-order valence-corrected chi connectivity index (χ3v) is 3.89. The molecule has 1 fully saturated rings. The second-order valence-corrected chi connectivity index (χ2v) is 5.35. The molecule has 0 saturated heterocycles. The van der Waals surface area contributed by atoms with Gasteiger partial charge in [-0.15, -0.1) is 0 Å². The molecule has 1 aliphatic carbocycles. The summed E-state index contributed by atoms with van der Waals surface area (Å²) in [4.78, 5) is 33.6. The van der Waals surface area contributed by atoms with Crippen LogP contribution in [0.4, 0.5) is 4.79 Å². The molecule has 7 heteroatoms. The van der Waals surface area contributed by atoms with Crippen molar-refractivity contribution in [1.29, 1.82) is 0 Å². The van der Waals surface area contributed by atoms with Gasteiger partial charge in [0.15, 0.2) is 0 Å². The maximum absolute atomic E-state index is 12.3. The number of nitrogens with one attached hydrogen (secondary N) is 1. The van der Waals surface area contributed by atoms with E-state index in [0.29, 0.717) is 5.69 Å². The van der Waals surface area contributed by atoms with Crippen LogP contribution in [0.1, 0.15) is 43.1 Å². The Kier molecular flexibility index (Phi) is 6.34. The minimum atomic E-state index is -0.529. The number of pyridine rings is 1. The summed E-state index contributed by atoms with van der Waals surface area (Å²) in [6, 6.07) is 4.74. The van der Waals surface area contributed by atoms with Gasteiger partial charge < -0.3 is 10.1 Å². The average Bonchev–Trinajstić information content (AvgIpc) is 2.58. The molecule has 0 aliphatic heterocycles. The smallest absolute Gasteiger partial charge is 0.434 e. The number of carbonyl (C=O) groups is 2. The largest absolute Gasteiger partial charge is 0.448 e. The van der Waals surface area contributed by atoms with Gasteiger partial charge in [-0.2, -0.15) is 5.06 Å². The first-order chi connectivity index (χ1) is 11.2. The minimum absolute atomic E-state index is 0.192. The topological polar surface area (TPSA) is 80.8 Å². The second-order valence-electron chi connectivity index (χ2n) is 5.35. The van der Waals surface area contributed by atoms with Gasteiger partial charge in [-0.05, 0) is 31.9 Å². The molecule has 1 aromatic heterocycles. The lowest BCUT2D eigenvalue weighted by molar-refractivity contribution is -0.148. The molecule has 0 spiro atoms. The Labute approximate surface area is 135 Å². The van der Waals surface area contributed by atoms with Crippen molar-refractivity contribution < 1.29 is 19.2 Å². The van der Waals surface area contributed by atoms with Crippen LogP contribution in [0, 0.1) is 0 Å². The summed E-state index contributed by atoms with van der Waals surface area (Å²) in [5.41, 5.74) is 0.358. The standard InChI is InChI=1S/C16H23N3O4/c1-3-23-16(21)19(22-2)14-10-5-4-8-12(14)18-15(20)13-9-6-7-11-17-13/h6-7,9,11-12,14H,3-5,8,10H2,1-2H3,(H,18,20)/t12-,14-/m1/s1. The molecule has 2 rings (SSSR count). The molecule has 1 N–H and O–H groups in total. The summed E-state index contributed by atoms with van der Waals surface area (Å²) < 4.78 is 5.02. The minimum Gasteiger partial charge on any atom is -0.448 e. The van der Waals surface area contributed by atoms with E-state index in [4.69, 9.17) is 9.57 Å². The fraction of sp³-hybridized carbons (Fsp3) is 0.562. The average molecular weight is 321 g/mol. The van der Waals surface area contributed by atoms with Gasteiger partial charge in [-0.25, -0.2) is 4.79 Å². The van der Waals surface area contributed by atoms with E-state index in [1.807, 2.05) is 0 Å². The zero-order chi connectivity index (χ0) is 16.7. The van der Waals surface area contributed by atoms with E-state index in [2.05, 4.69) is 10.3 Å². The van der Waals surface area contributed by atoms with Crippen LogP contribution in [0.5, 0.6) is 0 Å². The van der Waals surface area contributed by atoms with Crippen molar-refractivity contribution in [2.45, 2.75) is 44.7 Å². The van der Waals surface area contributed by atoms with Gasteiger partial charge in [0.05, 0.1) is 25.8 Å². The fourth-order valence-electron chi connectivity index (χ4n) is 2.83. The van der Waals surface area contributed by atoms with Crippen LogP contribution in [0.15, 0.2) is 24.4 Å². The summed E-state index contributed by atoms with van der Waals surface area (Å²) in [7, 11) is 1.43. The number of carbonyl (C=O) groups excluding carboxylic acids is 2. The molecule has 7 nitrogen and oxygen atoms in total. The zero-order valence-corrected chi connectivity index (χ0v) is 13.5. The molecule has 0 unspecified atom stereocenters. The van der Waals surface area contributed by atoms with E-state index in [-0.39, 0.29) is 24.6 Å². The molecule has 126 valence electrons. The van der Waals surface area contributed by atoms with Gasteiger partial charge in [0.25, 0.3) is 5.91 Å². The van der Waals surface area contributed by atoms with Crippen LogP contribution < -0.4 is 5.32 Å². The van der Waals surface area contributed by atoms with Crippen LogP contribution in [0.25, 0.3) is 0 Å². The number of hydroxylamine groups is 2. The lowest BCUT2D eigenvalue weighted by Crippen LogP contribution is -2.54. The highest BCUT2D eigenvalue weighted by atomic mass is 16.7. The SMILES string of the molecule is CCOC(=O)N(OC)[C@@H]1CCCC[C@H]1NC(=O)c1ccccn1. The van der Waals surface area contributed by atoms with Crippen molar-refractivity contribution in [3.8, 4) is 0 Å². The molecule has 1 heterocycles. The van der Waals surface area contributed by atoms with Gasteiger partial charge >= 0.3 is 6.09 Å². The third-order valence-electron chi connectivity index (χ3n) is 3.89. The van der Waals surface area contributed by atoms with Crippen molar-refractivity contribution >= 4 is 12.0 Å². The van der Waals surface area contributed by atoms with E-state index in [1.165, 1.54) is 12.2 Å². The molecule has 1 aliphatic rings. The lowest BCUT2D eigenvalue weighted by Gasteiger charge is -2.37. The summed E-state index contributed by atoms with van der Waals surface area (Å²) in [5, 5.41) is 4.19. The first-order valence-electron chi connectivity index (χ1n) is 7.89. The summed E-state index contributed by atoms with van der Waals surface area (Å²) >= 11 is 0. The molecule has 2 amide bonds. The number of hydrogen-bond donors (Lipinski definition) is 1. The van der Waals surface area contributed by atoms with Crippen LogP contribution in [-0.4, -0.2) is 47.8 Å². The number of amides is 2. The van der Waals surface area contributed by atoms with E-state index in [1.54, 1.807) is 31.3 Å². The third kappa shape index (κ3) is 4.41. The van der Waals surface area contributed by atoms with Crippen molar-refractivity contribution in [1.82, 2.24) is 15.4 Å². The maximum atomic E-state index is 12.3. The van der Waals surface area contributed by atoms with E-state index >= 15 is 0 Å². The molecule has 0 bridgehead atoms.